The van der Waals surface area contributed by atoms with Gasteiger partial charge in [0.15, 0.2) is 0 Å². The number of aromatic amines is 2. The molecular formula is C55H62N2O4. The van der Waals surface area contributed by atoms with E-state index in [0.717, 1.165) is 121 Å². The molecule has 2 aliphatic rings. The molecule has 0 saturated heterocycles. The lowest BCUT2D eigenvalue weighted by molar-refractivity contribution is 0.139. The van der Waals surface area contributed by atoms with Crippen LogP contribution in [-0.4, -0.2) is 33.4 Å². The molecular weight excluding hydrogens is 753 g/mol. The van der Waals surface area contributed by atoms with Crippen molar-refractivity contribution in [3.05, 3.63) is 117 Å². The molecule has 0 fully saturated rings. The predicted octanol–water partition coefficient (Wildman–Crippen LogP) is 15.4. The van der Waals surface area contributed by atoms with E-state index in [9.17, 15) is 5.11 Å². The largest absolute Gasteiger partial charge is 0.507 e. The van der Waals surface area contributed by atoms with Crippen molar-refractivity contribution in [2.45, 2.75) is 119 Å². The van der Waals surface area contributed by atoms with Gasteiger partial charge in [0.25, 0.3) is 0 Å². The summed E-state index contributed by atoms with van der Waals surface area (Å²) >= 11 is 0. The first-order valence-corrected chi connectivity index (χ1v) is 21.9. The number of aryl methyl sites for hydroxylation is 2. The average Bonchev–Trinajstić information content (AvgIpc) is 3.78. The van der Waals surface area contributed by atoms with E-state index in [1.807, 2.05) is 12.1 Å². The summed E-state index contributed by atoms with van der Waals surface area (Å²) in [4.78, 5) is 7.45. The van der Waals surface area contributed by atoms with Crippen molar-refractivity contribution in [3.63, 3.8) is 0 Å². The number of aromatic nitrogens is 2. The molecule has 2 atom stereocenters. The van der Waals surface area contributed by atoms with Crippen molar-refractivity contribution in [2.75, 3.05) is 7.11 Å². The van der Waals surface area contributed by atoms with Crippen molar-refractivity contribution in [1.29, 1.82) is 0 Å². The lowest BCUT2D eigenvalue weighted by Crippen LogP contribution is -2.31. The average molecular weight is 815 g/mol. The standard InChI is InChI=1S/C55H62N2O4/c1-32(2)14-12-16-34(5)22-26-54(9)28-24-40-48-42(30-36(7)52(40)60-54)38-19-21-45(59-11)47(50(38)57-48)39-18-20-44-46(51(39)58)43-31-37(8)53-41(49(43)56-44)25-29-55(10,61-53)27-23-35(6)17-13-15-33(3)4/h14-15,18-25,28-31,56-58H,12-13,16-17,26-27H2,1-11H3/t54-,55-/m1/s1. The minimum absolute atomic E-state index is 0.202. The fourth-order valence-electron chi connectivity index (χ4n) is 9.13. The smallest absolute Gasteiger partial charge is 0.133 e. The Hall–Kier alpha value is -5.88. The van der Waals surface area contributed by atoms with E-state index in [2.05, 4.69) is 152 Å². The Morgan fingerprint density at radius 2 is 1.21 bits per heavy atom. The monoisotopic (exact) mass is 814 g/mol. The number of phenols is 1. The molecule has 8 rings (SSSR count). The van der Waals surface area contributed by atoms with Crippen molar-refractivity contribution in [2.24, 2.45) is 0 Å². The van der Waals surface area contributed by atoms with Gasteiger partial charge >= 0.3 is 0 Å². The Labute approximate surface area is 361 Å². The lowest BCUT2D eigenvalue weighted by Gasteiger charge is -2.32. The molecule has 316 valence electrons. The summed E-state index contributed by atoms with van der Waals surface area (Å²) < 4.78 is 19.7. The van der Waals surface area contributed by atoms with Crippen molar-refractivity contribution in [3.8, 4) is 34.1 Å². The van der Waals surface area contributed by atoms with Gasteiger partial charge in [-0.15, -0.1) is 0 Å². The molecule has 0 spiro atoms. The first-order valence-electron chi connectivity index (χ1n) is 21.9. The molecule has 61 heavy (non-hydrogen) atoms. The zero-order valence-electron chi connectivity index (χ0n) is 38.0. The number of nitrogens with one attached hydrogen (secondary N) is 2. The molecule has 0 aliphatic carbocycles. The number of H-pyrrole nitrogens is 2. The number of allylic oxidation sites excluding steroid dienone is 6. The van der Waals surface area contributed by atoms with E-state index < -0.39 is 11.2 Å². The molecule has 0 amide bonds. The van der Waals surface area contributed by atoms with Gasteiger partial charge in [-0.3, -0.25) is 0 Å². The van der Waals surface area contributed by atoms with Gasteiger partial charge in [-0.1, -0.05) is 46.6 Å². The Kier molecular flexibility index (Phi) is 11.1. The zero-order chi connectivity index (χ0) is 43.4. The summed E-state index contributed by atoms with van der Waals surface area (Å²) in [7, 11) is 1.69. The van der Waals surface area contributed by atoms with E-state index in [4.69, 9.17) is 14.2 Å². The Bertz CT molecular complexity index is 2920. The molecule has 0 bridgehead atoms. The summed E-state index contributed by atoms with van der Waals surface area (Å²) in [5.74, 6) is 2.65. The predicted molar refractivity (Wildman–Crippen MR) is 259 cm³/mol. The highest BCUT2D eigenvalue weighted by Crippen LogP contribution is 2.50. The van der Waals surface area contributed by atoms with Crippen LogP contribution in [0.15, 0.2) is 95.1 Å². The Balaban J connectivity index is 1.17. The van der Waals surface area contributed by atoms with Crippen LogP contribution in [0.25, 0.3) is 66.9 Å². The van der Waals surface area contributed by atoms with Gasteiger partial charge in [-0.2, -0.15) is 0 Å². The van der Waals surface area contributed by atoms with Gasteiger partial charge in [0.1, 0.15) is 34.2 Å². The molecule has 6 heteroatoms. The molecule has 6 nitrogen and oxygen atoms in total. The number of phenolic OH excluding ortho intramolecular Hbond substituents is 1. The number of rotatable bonds is 12. The summed E-state index contributed by atoms with van der Waals surface area (Å²) in [6.45, 7) is 21.6. The van der Waals surface area contributed by atoms with Gasteiger partial charge in [0.2, 0.25) is 0 Å². The van der Waals surface area contributed by atoms with Crippen LogP contribution in [-0.2, 0) is 0 Å². The SMILES string of the molecule is COc1ccc2c([nH]c3c4c(c(C)cc32)O[C@](C)(CC=C(C)CCC=C(C)C)C=C4)c1-c1ccc2[nH]c3c4c(c(C)cc3c2c1O)O[C@](C)(CC=C(C)CCC=C(C)C)C=C4. The first-order chi connectivity index (χ1) is 29.1. The van der Waals surface area contributed by atoms with E-state index in [-0.39, 0.29) is 5.75 Å². The normalized spacial score (nSPS) is 18.7. The second kappa shape index (κ2) is 16.2. The Morgan fingerprint density at radius 3 is 1.75 bits per heavy atom. The first kappa shape index (κ1) is 41.8. The molecule has 2 aliphatic heterocycles. The van der Waals surface area contributed by atoms with Crippen LogP contribution in [0.1, 0.15) is 116 Å². The lowest BCUT2D eigenvalue weighted by atomic mass is 9.92. The van der Waals surface area contributed by atoms with Crippen LogP contribution in [0.5, 0.6) is 23.0 Å². The van der Waals surface area contributed by atoms with Crippen molar-refractivity contribution >= 4 is 55.8 Å². The second-order valence-corrected chi connectivity index (χ2v) is 18.6. The van der Waals surface area contributed by atoms with Crippen molar-refractivity contribution < 1.29 is 19.3 Å². The number of methoxy groups -OCH3 is 1. The fourth-order valence-corrected chi connectivity index (χ4v) is 9.13. The molecule has 2 aromatic heterocycles. The van der Waals surface area contributed by atoms with E-state index in [0.29, 0.717) is 11.3 Å². The molecule has 4 aromatic carbocycles. The maximum absolute atomic E-state index is 12.4. The summed E-state index contributed by atoms with van der Waals surface area (Å²) in [5, 5.41) is 16.3. The van der Waals surface area contributed by atoms with Crippen molar-refractivity contribution in [1.82, 2.24) is 9.97 Å². The van der Waals surface area contributed by atoms with Crippen LogP contribution in [0.2, 0.25) is 0 Å². The van der Waals surface area contributed by atoms with E-state index in [1.165, 1.54) is 22.3 Å². The molecule has 3 N–H and O–H groups in total. The molecule has 0 radical (unpaired) electrons. The van der Waals surface area contributed by atoms with Gasteiger partial charge in [-0.05, 0) is 167 Å². The topological polar surface area (TPSA) is 79.5 Å². The summed E-state index contributed by atoms with van der Waals surface area (Å²) in [5.41, 5.74) is 13.9. The summed E-state index contributed by atoms with van der Waals surface area (Å²) in [6.07, 6.45) is 23.8. The highest BCUT2D eigenvalue weighted by molar-refractivity contribution is 6.19. The minimum atomic E-state index is -0.458. The number of hydrogen-bond acceptors (Lipinski definition) is 4. The van der Waals surface area contributed by atoms with E-state index >= 15 is 0 Å². The van der Waals surface area contributed by atoms with Crippen LogP contribution >= 0.6 is 0 Å². The van der Waals surface area contributed by atoms with Gasteiger partial charge < -0.3 is 29.3 Å². The second-order valence-electron chi connectivity index (χ2n) is 18.6. The number of aromatic hydroxyl groups is 1. The maximum Gasteiger partial charge on any atom is 0.133 e. The van der Waals surface area contributed by atoms with Gasteiger partial charge in [-0.25, -0.2) is 0 Å². The van der Waals surface area contributed by atoms with Crippen LogP contribution < -0.4 is 14.2 Å². The quantitative estimate of drug-likeness (QED) is 0.108. The third kappa shape index (κ3) is 7.93. The molecule has 0 saturated carbocycles. The number of fused-ring (bicyclic) bond motifs is 10. The highest BCUT2D eigenvalue weighted by atomic mass is 16.5. The minimum Gasteiger partial charge on any atom is -0.507 e. The highest BCUT2D eigenvalue weighted by Gasteiger charge is 2.32. The summed E-state index contributed by atoms with van der Waals surface area (Å²) in [6, 6.07) is 12.6. The molecule has 0 unspecified atom stereocenters. The van der Waals surface area contributed by atoms with Crippen LogP contribution in [0, 0.1) is 13.8 Å². The van der Waals surface area contributed by atoms with Gasteiger partial charge in [0, 0.05) is 51.1 Å². The van der Waals surface area contributed by atoms with Gasteiger partial charge in [0.05, 0.1) is 34.7 Å². The number of benzene rings is 4. The van der Waals surface area contributed by atoms with E-state index in [1.54, 1.807) is 7.11 Å². The third-order valence-corrected chi connectivity index (χ3v) is 12.7. The zero-order valence-corrected chi connectivity index (χ0v) is 38.0. The molecule has 6 aromatic rings. The number of hydrogen-bond donors (Lipinski definition) is 3. The fraction of sp³-hybridized carbons (Fsp3) is 0.345. The Morgan fingerprint density at radius 1 is 0.672 bits per heavy atom. The maximum atomic E-state index is 12.4. The number of ether oxygens (including phenoxy) is 3. The van der Waals surface area contributed by atoms with Crippen LogP contribution in [0.4, 0.5) is 0 Å². The molecule has 4 heterocycles. The van der Waals surface area contributed by atoms with Crippen LogP contribution in [0.3, 0.4) is 0 Å². The third-order valence-electron chi connectivity index (χ3n) is 12.7.